The molecule has 2 unspecified atom stereocenters. The Morgan fingerprint density at radius 2 is 1.72 bits per heavy atom. The van der Waals surface area contributed by atoms with Gasteiger partial charge in [-0.3, -0.25) is 4.79 Å². The van der Waals surface area contributed by atoms with Crippen molar-refractivity contribution in [1.29, 1.82) is 0 Å². The van der Waals surface area contributed by atoms with E-state index in [-0.39, 0.29) is 30.9 Å². The van der Waals surface area contributed by atoms with E-state index < -0.39 is 18.1 Å². The number of amides is 2. The molecular weight excluding hydrogens is 408 g/mol. The Kier molecular flexibility index (Phi) is 6.44. The van der Waals surface area contributed by atoms with Crippen molar-refractivity contribution in [3.63, 3.8) is 0 Å². The lowest BCUT2D eigenvalue weighted by molar-refractivity contribution is -0.157. The molecule has 2 N–H and O–H groups in total. The fourth-order valence-electron chi connectivity index (χ4n) is 4.56. The van der Waals surface area contributed by atoms with Crippen LogP contribution in [-0.4, -0.2) is 53.2 Å². The van der Waals surface area contributed by atoms with Crippen molar-refractivity contribution in [2.75, 3.05) is 13.2 Å². The minimum absolute atomic E-state index is 0.0137. The Hall–Kier alpha value is -3.35. The van der Waals surface area contributed by atoms with Gasteiger partial charge in [-0.2, -0.15) is 0 Å². The lowest BCUT2D eigenvalue weighted by Gasteiger charge is -2.38. The van der Waals surface area contributed by atoms with E-state index >= 15 is 0 Å². The van der Waals surface area contributed by atoms with E-state index in [1.165, 1.54) is 27.2 Å². The maximum Gasteiger partial charge on any atom is 0.407 e. The average molecular weight is 437 g/mol. The molecule has 0 bridgehead atoms. The number of benzene rings is 2. The molecule has 2 amide bonds. The number of carbonyl (C=O) groups is 3. The first kappa shape index (κ1) is 21.9. The molecular formula is C25H28N2O5. The van der Waals surface area contributed by atoms with E-state index in [2.05, 4.69) is 29.6 Å². The van der Waals surface area contributed by atoms with Crippen LogP contribution in [-0.2, 0) is 14.3 Å². The Morgan fingerprint density at radius 3 is 2.28 bits per heavy atom. The van der Waals surface area contributed by atoms with Crippen LogP contribution in [0, 0.1) is 0 Å². The van der Waals surface area contributed by atoms with E-state index in [1.807, 2.05) is 31.2 Å². The highest BCUT2D eigenvalue weighted by molar-refractivity contribution is 5.85. The summed E-state index contributed by atoms with van der Waals surface area (Å²) in [5.41, 5.74) is 4.70. The molecule has 2 aliphatic rings. The molecule has 0 saturated carbocycles. The number of fused-ring (bicyclic) bond motifs is 3. The molecule has 7 heteroatoms. The van der Waals surface area contributed by atoms with E-state index in [4.69, 9.17) is 9.84 Å². The van der Waals surface area contributed by atoms with Crippen molar-refractivity contribution >= 4 is 18.0 Å². The van der Waals surface area contributed by atoms with Gasteiger partial charge in [0.05, 0.1) is 0 Å². The first-order chi connectivity index (χ1) is 15.5. The van der Waals surface area contributed by atoms with Crippen molar-refractivity contribution < 1.29 is 24.2 Å². The SMILES string of the molecule is CC(CCCC(=O)N1CCC1C(=O)O)NC(=O)OCC1c2ccccc2-c2ccccc21. The van der Waals surface area contributed by atoms with E-state index in [0.717, 1.165) is 0 Å². The smallest absolute Gasteiger partial charge is 0.407 e. The fourth-order valence-corrected chi connectivity index (χ4v) is 4.56. The lowest BCUT2D eigenvalue weighted by atomic mass is 9.98. The number of hydrogen-bond acceptors (Lipinski definition) is 4. The molecule has 32 heavy (non-hydrogen) atoms. The van der Waals surface area contributed by atoms with Gasteiger partial charge >= 0.3 is 12.1 Å². The summed E-state index contributed by atoms with van der Waals surface area (Å²) < 4.78 is 5.55. The number of alkyl carbamates (subject to hydrolysis) is 1. The van der Waals surface area contributed by atoms with Crippen LogP contribution in [0.1, 0.15) is 49.7 Å². The van der Waals surface area contributed by atoms with Gasteiger partial charge in [0.2, 0.25) is 5.91 Å². The number of nitrogens with one attached hydrogen (secondary N) is 1. The zero-order valence-electron chi connectivity index (χ0n) is 18.1. The fraction of sp³-hybridized carbons (Fsp3) is 0.400. The summed E-state index contributed by atoms with van der Waals surface area (Å²) in [4.78, 5) is 36.9. The Balaban J connectivity index is 1.22. The summed E-state index contributed by atoms with van der Waals surface area (Å²) in [7, 11) is 0. The maximum atomic E-state index is 12.3. The Morgan fingerprint density at radius 1 is 1.09 bits per heavy atom. The van der Waals surface area contributed by atoms with Crippen molar-refractivity contribution in [1.82, 2.24) is 10.2 Å². The number of carboxylic acid groups (broad SMARTS) is 1. The molecule has 4 rings (SSSR count). The van der Waals surface area contributed by atoms with Crippen LogP contribution in [0.3, 0.4) is 0 Å². The molecule has 2 aromatic rings. The number of carboxylic acids is 1. The summed E-state index contributed by atoms with van der Waals surface area (Å²) in [6.45, 7) is 2.63. The molecule has 168 valence electrons. The number of likely N-dealkylation sites (tertiary alicyclic amines) is 1. The standard InChI is InChI=1S/C25H28N2O5/c1-16(7-6-12-23(28)27-14-13-22(27)24(29)30)26-25(31)32-15-21-19-10-4-2-8-17(19)18-9-3-5-11-20(18)21/h2-5,8-11,16,21-22H,6-7,12-15H2,1H3,(H,26,31)(H,29,30). The molecule has 7 nitrogen and oxygen atoms in total. The van der Waals surface area contributed by atoms with Gasteiger partial charge in [-0.25, -0.2) is 9.59 Å². The summed E-state index contributed by atoms with van der Waals surface area (Å²) in [5.74, 6) is -1.08. The van der Waals surface area contributed by atoms with Crippen LogP contribution in [0.4, 0.5) is 4.79 Å². The summed E-state index contributed by atoms with van der Waals surface area (Å²) >= 11 is 0. The van der Waals surface area contributed by atoms with Crippen LogP contribution in [0.2, 0.25) is 0 Å². The molecule has 2 aromatic carbocycles. The molecule has 1 heterocycles. The summed E-state index contributed by atoms with van der Waals surface area (Å²) in [6.07, 6.45) is 1.51. The first-order valence-electron chi connectivity index (χ1n) is 11.1. The largest absolute Gasteiger partial charge is 0.480 e. The summed E-state index contributed by atoms with van der Waals surface area (Å²) in [5, 5.41) is 11.9. The third-order valence-electron chi connectivity index (χ3n) is 6.36. The monoisotopic (exact) mass is 436 g/mol. The average Bonchev–Trinajstić information content (AvgIpc) is 3.05. The van der Waals surface area contributed by atoms with Crippen LogP contribution < -0.4 is 5.32 Å². The van der Waals surface area contributed by atoms with Crippen LogP contribution >= 0.6 is 0 Å². The van der Waals surface area contributed by atoms with Crippen LogP contribution in [0.5, 0.6) is 0 Å². The number of rotatable bonds is 8. The third kappa shape index (κ3) is 4.47. The number of carbonyl (C=O) groups excluding carboxylic acids is 2. The van der Waals surface area contributed by atoms with Crippen molar-refractivity contribution in [2.45, 2.75) is 50.6 Å². The Bertz CT molecular complexity index is 975. The highest BCUT2D eigenvalue weighted by Crippen LogP contribution is 2.44. The number of hydrogen-bond donors (Lipinski definition) is 2. The predicted molar refractivity (Wildman–Crippen MR) is 119 cm³/mol. The normalized spacial score (nSPS) is 17.7. The van der Waals surface area contributed by atoms with Gasteiger partial charge in [-0.15, -0.1) is 0 Å². The van der Waals surface area contributed by atoms with Crippen LogP contribution in [0.25, 0.3) is 11.1 Å². The van der Waals surface area contributed by atoms with Crippen LogP contribution in [0.15, 0.2) is 48.5 Å². The number of ether oxygens (including phenoxy) is 1. The van der Waals surface area contributed by atoms with Gasteiger partial charge in [0.25, 0.3) is 0 Å². The van der Waals surface area contributed by atoms with Gasteiger partial charge in [-0.1, -0.05) is 48.5 Å². The second-order valence-corrected chi connectivity index (χ2v) is 8.49. The molecule has 1 fully saturated rings. The highest BCUT2D eigenvalue weighted by atomic mass is 16.5. The van der Waals surface area contributed by atoms with E-state index in [1.54, 1.807) is 0 Å². The molecule has 1 saturated heterocycles. The number of aliphatic carboxylic acids is 1. The highest BCUT2D eigenvalue weighted by Gasteiger charge is 2.37. The number of nitrogens with zero attached hydrogens (tertiary/aromatic N) is 1. The van der Waals surface area contributed by atoms with Gasteiger partial charge in [0.15, 0.2) is 0 Å². The zero-order chi connectivity index (χ0) is 22.7. The molecule has 1 aliphatic heterocycles. The third-order valence-corrected chi connectivity index (χ3v) is 6.36. The second-order valence-electron chi connectivity index (χ2n) is 8.49. The van der Waals surface area contributed by atoms with Gasteiger partial charge in [-0.05, 0) is 48.4 Å². The maximum absolute atomic E-state index is 12.3. The van der Waals surface area contributed by atoms with Gasteiger partial charge in [0, 0.05) is 24.9 Å². The first-order valence-corrected chi connectivity index (χ1v) is 11.1. The van der Waals surface area contributed by atoms with Crippen molar-refractivity contribution in [3.05, 3.63) is 59.7 Å². The van der Waals surface area contributed by atoms with Crippen molar-refractivity contribution in [3.8, 4) is 11.1 Å². The molecule has 1 aliphatic carbocycles. The minimum atomic E-state index is -0.949. The molecule has 0 aromatic heterocycles. The van der Waals surface area contributed by atoms with Gasteiger partial charge < -0.3 is 20.1 Å². The predicted octanol–water partition coefficient (Wildman–Crippen LogP) is 3.77. The lowest BCUT2D eigenvalue weighted by Crippen LogP contribution is -2.55. The molecule has 0 radical (unpaired) electrons. The second kappa shape index (κ2) is 9.42. The topological polar surface area (TPSA) is 95.9 Å². The zero-order valence-corrected chi connectivity index (χ0v) is 18.1. The Labute approximate surface area is 187 Å². The van der Waals surface area contributed by atoms with Crippen molar-refractivity contribution in [2.24, 2.45) is 0 Å². The quantitative estimate of drug-likeness (QED) is 0.657. The van der Waals surface area contributed by atoms with Gasteiger partial charge in [0.1, 0.15) is 12.6 Å². The minimum Gasteiger partial charge on any atom is -0.480 e. The molecule has 2 atom stereocenters. The van der Waals surface area contributed by atoms with E-state index in [9.17, 15) is 14.4 Å². The summed E-state index contributed by atoms with van der Waals surface area (Å²) in [6, 6.07) is 15.5. The molecule has 0 spiro atoms. The van der Waals surface area contributed by atoms with E-state index in [0.29, 0.717) is 25.8 Å².